The van der Waals surface area contributed by atoms with Crippen LogP contribution in [-0.2, 0) is 10.3 Å². The molecule has 5 rings (SSSR count). The van der Waals surface area contributed by atoms with E-state index in [9.17, 15) is 14.4 Å². The minimum Gasteiger partial charge on any atom is -0.294 e. The van der Waals surface area contributed by atoms with Crippen molar-refractivity contribution in [3.63, 3.8) is 0 Å². The Morgan fingerprint density at radius 2 is 1.83 bits per heavy atom. The lowest BCUT2D eigenvalue weighted by molar-refractivity contribution is -0.114. The topological polar surface area (TPSA) is 66.0 Å². The van der Waals surface area contributed by atoms with Gasteiger partial charge in [0.2, 0.25) is 0 Å². The van der Waals surface area contributed by atoms with Crippen LogP contribution in [0.15, 0.2) is 63.7 Å². The summed E-state index contributed by atoms with van der Waals surface area (Å²) in [5, 5.41) is 0. The molecule has 1 saturated carbocycles. The molecule has 24 heavy (non-hydrogen) atoms. The molecule has 0 radical (unpaired) electrons. The Balaban J connectivity index is 1.87. The first kappa shape index (κ1) is 13.5. The molecule has 0 amide bonds. The first-order valence-corrected chi connectivity index (χ1v) is 8.08. The molecule has 0 N–H and O–H groups in total. The third kappa shape index (κ3) is 1.43. The molecule has 2 heterocycles. The molecule has 2 atom stereocenters. The molecule has 2 aromatic rings. The molecule has 1 aliphatic heterocycles. The molecule has 1 fully saturated rings. The number of para-hydroxylation sites is 1. The Morgan fingerprint density at radius 1 is 1.04 bits per heavy atom. The van der Waals surface area contributed by atoms with Gasteiger partial charge in [0, 0.05) is 18.4 Å². The summed E-state index contributed by atoms with van der Waals surface area (Å²) in [6.45, 7) is 0. The van der Waals surface area contributed by atoms with E-state index >= 15 is 0 Å². The number of rotatable bonds is 1. The second kappa shape index (κ2) is 4.35. The van der Waals surface area contributed by atoms with Gasteiger partial charge in [0.15, 0.2) is 5.78 Å². The van der Waals surface area contributed by atoms with Crippen molar-refractivity contribution >= 4 is 5.78 Å². The van der Waals surface area contributed by atoms with Crippen LogP contribution >= 0.6 is 0 Å². The fourth-order valence-electron chi connectivity index (χ4n) is 4.41. The van der Waals surface area contributed by atoms with Gasteiger partial charge in [0.1, 0.15) is 0 Å². The molecule has 0 saturated heterocycles. The van der Waals surface area contributed by atoms with Crippen LogP contribution in [0.5, 0.6) is 0 Å². The van der Waals surface area contributed by atoms with Gasteiger partial charge in [-0.25, -0.2) is 23.5 Å². The van der Waals surface area contributed by atoms with Gasteiger partial charge in [-0.2, -0.15) is 0 Å². The number of hydrogen-bond acceptors (Lipinski definition) is 3. The van der Waals surface area contributed by atoms with Crippen molar-refractivity contribution in [3.05, 3.63) is 75.1 Å². The van der Waals surface area contributed by atoms with E-state index in [2.05, 4.69) is 0 Å². The van der Waals surface area contributed by atoms with E-state index in [1.54, 1.807) is 24.3 Å². The van der Waals surface area contributed by atoms with Crippen LogP contribution in [0, 0.1) is 0 Å². The summed E-state index contributed by atoms with van der Waals surface area (Å²) < 4.78 is 4.26. The van der Waals surface area contributed by atoms with Crippen molar-refractivity contribution in [2.45, 2.75) is 30.8 Å². The number of fused-ring (bicyclic) bond motifs is 3. The molecule has 2 bridgehead atoms. The molecular weight excluding hydrogens is 306 g/mol. The van der Waals surface area contributed by atoms with Crippen LogP contribution in [0.25, 0.3) is 5.69 Å². The largest absolute Gasteiger partial charge is 0.352 e. The molecular formula is C18H15N3O3. The average Bonchev–Trinajstić information content (AvgIpc) is 3.09. The lowest BCUT2D eigenvalue weighted by Crippen LogP contribution is -2.40. The summed E-state index contributed by atoms with van der Waals surface area (Å²) >= 11 is 0. The lowest BCUT2D eigenvalue weighted by Gasteiger charge is -2.24. The van der Waals surface area contributed by atoms with E-state index in [0.717, 1.165) is 0 Å². The van der Waals surface area contributed by atoms with Crippen molar-refractivity contribution in [2.24, 2.45) is 0 Å². The van der Waals surface area contributed by atoms with E-state index in [1.165, 1.54) is 13.9 Å². The van der Waals surface area contributed by atoms with Crippen LogP contribution in [0.1, 0.15) is 25.3 Å². The zero-order valence-corrected chi connectivity index (χ0v) is 12.9. The van der Waals surface area contributed by atoms with Gasteiger partial charge in [-0.3, -0.25) is 4.79 Å². The molecule has 1 aromatic heterocycles. The summed E-state index contributed by atoms with van der Waals surface area (Å²) in [4.78, 5) is 38.4. The highest BCUT2D eigenvalue weighted by Gasteiger charge is 2.54. The molecule has 1 spiro atoms. The maximum Gasteiger partial charge on any atom is 0.352 e. The zero-order valence-electron chi connectivity index (χ0n) is 12.9. The molecule has 2 aliphatic carbocycles. The monoisotopic (exact) mass is 321 g/mol. The van der Waals surface area contributed by atoms with Crippen LogP contribution in [0.3, 0.4) is 0 Å². The first-order chi connectivity index (χ1) is 11.6. The van der Waals surface area contributed by atoms with Gasteiger partial charge in [0.05, 0.1) is 17.3 Å². The SMILES string of the molecule is O=C1CC[C@@]23C[C@@H](C=CC=C12)n1c(=O)n(-c2ccccc2)c(=O)n13. The highest BCUT2D eigenvalue weighted by atomic mass is 16.2. The minimum atomic E-state index is -0.679. The third-order valence-electron chi connectivity index (χ3n) is 5.42. The first-order valence-electron chi connectivity index (χ1n) is 8.08. The summed E-state index contributed by atoms with van der Waals surface area (Å²) in [6.07, 6.45) is 7.15. The number of Topliss-reactive ketones (excluding diaryl/α,β-unsaturated/α-hetero) is 1. The van der Waals surface area contributed by atoms with Crippen molar-refractivity contribution in [1.82, 2.24) is 13.9 Å². The van der Waals surface area contributed by atoms with E-state index in [-0.39, 0.29) is 23.2 Å². The maximum atomic E-state index is 13.1. The quantitative estimate of drug-likeness (QED) is 0.795. The minimum absolute atomic E-state index is 0.0700. The second-order valence-corrected chi connectivity index (χ2v) is 6.58. The van der Waals surface area contributed by atoms with E-state index in [0.29, 0.717) is 30.5 Å². The second-order valence-electron chi connectivity index (χ2n) is 6.58. The summed E-state index contributed by atoms with van der Waals surface area (Å²) in [5.74, 6) is 0.0700. The van der Waals surface area contributed by atoms with Crippen LogP contribution in [0.4, 0.5) is 0 Å². The highest BCUT2D eigenvalue weighted by molar-refractivity contribution is 6.00. The third-order valence-corrected chi connectivity index (χ3v) is 5.42. The Labute approximate surface area is 136 Å². The normalized spacial score (nSPS) is 26.9. The number of hydrogen-bond donors (Lipinski definition) is 0. The smallest absolute Gasteiger partial charge is 0.294 e. The highest BCUT2D eigenvalue weighted by Crippen LogP contribution is 2.49. The standard InChI is InChI=1S/C18H15N3O3/c22-15-9-10-18-11-13(7-4-8-14(15)18)20-16(23)19(17(24)21(18)20)12-5-2-1-3-6-12/h1-8,13H,9-11H2/t13-,18-/m1/s1. The zero-order chi connectivity index (χ0) is 16.5. The number of carbonyl (C=O) groups is 1. The van der Waals surface area contributed by atoms with Crippen molar-refractivity contribution in [2.75, 3.05) is 0 Å². The van der Waals surface area contributed by atoms with Crippen LogP contribution in [-0.4, -0.2) is 19.7 Å². The van der Waals surface area contributed by atoms with E-state index in [1.807, 2.05) is 24.3 Å². The van der Waals surface area contributed by atoms with Gasteiger partial charge in [-0.1, -0.05) is 36.4 Å². The van der Waals surface area contributed by atoms with Crippen molar-refractivity contribution in [1.29, 1.82) is 0 Å². The lowest BCUT2D eigenvalue weighted by atomic mass is 9.88. The number of benzene rings is 1. The maximum absolute atomic E-state index is 13.1. The fraction of sp³-hybridized carbons (Fsp3) is 0.278. The van der Waals surface area contributed by atoms with Crippen molar-refractivity contribution < 1.29 is 4.79 Å². The average molecular weight is 321 g/mol. The molecule has 1 aromatic carbocycles. The van der Waals surface area contributed by atoms with Crippen LogP contribution in [0.2, 0.25) is 0 Å². The molecule has 6 heteroatoms. The van der Waals surface area contributed by atoms with Gasteiger partial charge < -0.3 is 0 Å². The predicted octanol–water partition coefficient (Wildman–Crippen LogP) is 1.30. The Kier molecular flexibility index (Phi) is 2.45. The molecule has 6 nitrogen and oxygen atoms in total. The Morgan fingerprint density at radius 3 is 2.62 bits per heavy atom. The van der Waals surface area contributed by atoms with Gasteiger partial charge in [-0.05, 0) is 18.6 Å². The summed E-state index contributed by atoms with van der Waals surface area (Å²) in [6, 6.07) is 8.72. The number of aromatic nitrogens is 3. The molecule has 120 valence electrons. The summed E-state index contributed by atoms with van der Waals surface area (Å²) in [7, 11) is 0. The summed E-state index contributed by atoms with van der Waals surface area (Å²) in [5.41, 5.74) is -0.196. The van der Waals surface area contributed by atoms with Crippen LogP contribution < -0.4 is 11.4 Å². The van der Waals surface area contributed by atoms with E-state index < -0.39 is 5.54 Å². The van der Waals surface area contributed by atoms with Crippen molar-refractivity contribution in [3.8, 4) is 5.69 Å². The number of nitrogens with zero attached hydrogens (tertiary/aromatic N) is 3. The number of ketones is 1. The Bertz CT molecular complexity index is 1050. The van der Waals surface area contributed by atoms with Gasteiger partial charge >= 0.3 is 11.4 Å². The Hall–Kier alpha value is -2.89. The fourth-order valence-corrected chi connectivity index (χ4v) is 4.41. The van der Waals surface area contributed by atoms with E-state index in [4.69, 9.17) is 0 Å². The predicted molar refractivity (Wildman–Crippen MR) is 87.4 cm³/mol. The van der Waals surface area contributed by atoms with Gasteiger partial charge in [0.25, 0.3) is 0 Å². The number of carbonyl (C=O) groups excluding carboxylic acids is 1. The molecule has 0 unspecified atom stereocenters. The molecule has 3 aliphatic rings. The van der Waals surface area contributed by atoms with Gasteiger partial charge in [-0.15, -0.1) is 0 Å². The number of allylic oxidation sites excluding steroid dienone is 4.